The minimum atomic E-state index is -0.277. The minimum Gasteiger partial charge on any atom is -0.493 e. The molecule has 2 aromatic heterocycles. The van der Waals surface area contributed by atoms with Gasteiger partial charge in [-0.15, -0.1) is 0 Å². The minimum absolute atomic E-state index is 0.146. The van der Waals surface area contributed by atoms with Crippen molar-refractivity contribution in [2.45, 2.75) is 40.7 Å². The van der Waals surface area contributed by atoms with E-state index in [4.69, 9.17) is 9.47 Å². The Balaban J connectivity index is 1.76. The number of nitrogens with zero attached hydrogens (tertiary/aromatic N) is 4. The number of methoxy groups -OCH3 is 2. The van der Waals surface area contributed by atoms with Crippen molar-refractivity contribution in [3.05, 3.63) is 62.8 Å². The van der Waals surface area contributed by atoms with Crippen molar-refractivity contribution in [2.24, 2.45) is 0 Å². The molecule has 0 aliphatic carbocycles. The summed E-state index contributed by atoms with van der Waals surface area (Å²) in [4.78, 5) is 30.2. The van der Waals surface area contributed by atoms with E-state index in [1.54, 1.807) is 32.7 Å². The average Bonchev–Trinajstić information content (AvgIpc) is 3.11. The number of hydrogen-bond donors (Lipinski definition) is 1. The van der Waals surface area contributed by atoms with Crippen molar-refractivity contribution < 1.29 is 14.3 Å². The lowest BCUT2D eigenvalue weighted by Gasteiger charge is -2.15. The third-order valence-electron chi connectivity index (χ3n) is 5.30. The number of ether oxygens (including phenoxy) is 2. The average molecular weight is 440 g/mol. The van der Waals surface area contributed by atoms with Crippen molar-refractivity contribution in [3.63, 3.8) is 0 Å². The van der Waals surface area contributed by atoms with E-state index in [1.165, 1.54) is 4.57 Å². The van der Waals surface area contributed by atoms with Crippen molar-refractivity contribution in [1.82, 2.24) is 24.6 Å². The molecule has 0 atom stereocenters. The molecule has 0 aliphatic rings. The maximum Gasteiger partial charge on any atom is 0.258 e. The van der Waals surface area contributed by atoms with Crippen LogP contribution in [0.25, 0.3) is 5.95 Å². The van der Waals surface area contributed by atoms with E-state index in [0.29, 0.717) is 41.7 Å². The van der Waals surface area contributed by atoms with Crippen LogP contribution in [0.4, 0.5) is 0 Å². The predicted molar refractivity (Wildman–Crippen MR) is 121 cm³/mol. The lowest BCUT2D eigenvalue weighted by atomic mass is 10.1. The molecular formula is C23H29N5O4. The second-order valence-electron chi connectivity index (χ2n) is 7.64. The molecular weight excluding hydrogens is 410 g/mol. The summed E-state index contributed by atoms with van der Waals surface area (Å²) >= 11 is 0. The molecule has 0 fully saturated rings. The number of aryl methyl sites for hydroxylation is 3. The van der Waals surface area contributed by atoms with Gasteiger partial charge in [-0.25, -0.2) is 9.67 Å². The summed E-state index contributed by atoms with van der Waals surface area (Å²) in [7, 11) is 3.17. The number of hydrogen-bond acceptors (Lipinski definition) is 6. The van der Waals surface area contributed by atoms with E-state index < -0.39 is 0 Å². The Morgan fingerprint density at radius 3 is 2.41 bits per heavy atom. The maximum absolute atomic E-state index is 12.9. The van der Waals surface area contributed by atoms with Crippen LogP contribution < -0.4 is 20.3 Å². The molecule has 2 heterocycles. The quantitative estimate of drug-likeness (QED) is 0.577. The highest BCUT2D eigenvalue weighted by molar-refractivity contribution is 5.76. The first kappa shape index (κ1) is 23.1. The van der Waals surface area contributed by atoms with Crippen molar-refractivity contribution in [2.75, 3.05) is 20.8 Å². The van der Waals surface area contributed by atoms with Gasteiger partial charge in [-0.3, -0.25) is 14.2 Å². The molecule has 32 heavy (non-hydrogen) atoms. The van der Waals surface area contributed by atoms with Gasteiger partial charge in [0.05, 0.1) is 19.9 Å². The lowest BCUT2D eigenvalue weighted by Crippen LogP contribution is -2.37. The zero-order valence-corrected chi connectivity index (χ0v) is 19.4. The largest absolute Gasteiger partial charge is 0.493 e. The molecule has 0 spiro atoms. The molecule has 1 aromatic carbocycles. The van der Waals surface area contributed by atoms with E-state index >= 15 is 0 Å². The van der Waals surface area contributed by atoms with Gasteiger partial charge in [0, 0.05) is 23.5 Å². The first-order chi connectivity index (χ1) is 15.2. The number of carbonyl (C=O) groups excluding carboxylic acids is 1. The number of nitrogens with one attached hydrogen (secondary N) is 1. The molecule has 1 N–H and O–H groups in total. The Morgan fingerprint density at radius 2 is 1.78 bits per heavy atom. The van der Waals surface area contributed by atoms with Gasteiger partial charge >= 0.3 is 0 Å². The van der Waals surface area contributed by atoms with Gasteiger partial charge in [-0.1, -0.05) is 6.07 Å². The van der Waals surface area contributed by atoms with Crippen molar-refractivity contribution >= 4 is 5.91 Å². The van der Waals surface area contributed by atoms with Crippen LogP contribution in [0.3, 0.4) is 0 Å². The molecule has 3 aromatic rings. The number of amides is 1. The molecule has 1 amide bonds. The molecule has 0 radical (unpaired) electrons. The lowest BCUT2D eigenvalue weighted by molar-refractivity contribution is -0.121. The van der Waals surface area contributed by atoms with Crippen LogP contribution in [-0.4, -0.2) is 46.0 Å². The summed E-state index contributed by atoms with van der Waals surface area (Å²) in [6, 6.07) is 7.53. The molecule has 9 heteroatoms. The zero-order chi connectivity index (χ0) is 23.4. The Hall–Kier alpha value is -3.62. The monoisotopic (exact) mass is 439 g/mol. The number of aromatic nitrogens is 4. The van der Waals surface area contributed by atoms with Gasteiger partial charge in [0.15, 0.2) is 11.5 Å². The summed E-state index contributed by atoms with van der Waals surface area (Å²) in [5.41, 5.74) is 3.50. The third kappa shape index (κ3) is 4.82. The van der Waals surface area contributed by atoms with Gasteiger partial charge in [0.25, 0.3) is 5.56 Å². The molecule has 0 saturated heterocycles. The van der Waals surface area contributed by atoms with Crippen molar-refractivity contribution in [3.8, 4) is 17.4 Å². The van der Waals surface area contributed by atoms with Gasteiger partial charge in [0.1, 0.15) is 6.54 Å². The highest BCUT2D eigenvalue weighted by Crippen LogP contribution is 2.27. The van der Waals surface area contributed by atoms with Crippen LogP contribution in [0.5, 0.6) is 11.5 Å². The zero-order valence-electron chi connectivity index (χ0n) is 19.4. The summed E-state index contributed by atoms with van der Waals surface area (Å²) in [6.07, 6.45) is 0.608. The Labute approximate surface area is 187 Å². The summed E-state index contributed by atoms with van der Waals surface area (Å²) in [5.74, 6) is 1.34. The molecule has 170 valence electrons. The first-order valence-corrected chi connectivity index (χ1v) is 10.3. The number of carbonyl (C=O) groups is 1. The highest BCUT2D eigenvalue weighted by Gasteiger charge is 2.18. The number of benzene rings is 1. The van der Waals surface area contributed by atoms with Crippen LogP contribution in [0.15, 0.2) is 29.1 Å². The molecule has 0 unspecified atom stereocenters. The normalized spacial score (nSPS) is 10.8. The van der Waals surface area contributed by atoms with E-state index in [-0.39, 0.29) is 18.0 Å². The second-order valence-corrected chi connectivity index (χ2v) is 7.64. The van der Waals surface area contributed by atoms with E-state index in [2.05, 4.69) is 15.4 Å². The highest BCUT2D eigenvalue weighted by atomic mass is 16.5. The summed E-state index contributed by atoms with van der Waals surface area (Å²) in [5, 5.41) is 7.31. The van der Waals surface area contributed by atoms with E-state index in [1.807, 2.05) is 38.1 Å². The van der Waals surface area contributed by atoms with E-state index in [9.17, 15) is 9.59 Å². The molecule has 0 bridgehead atoms. The van der Waals surface area contributed by atoms with Crippen LogP contribution in [-0.2, 0) is 17.8 Å². The van der Waals surface area contributed by atoms with Gasteiger partial charge in [-0.05, 0) is 57.9 Å². The molecule has 0 aliphatic heterocycles. The Morgan fingerprint density at radius 1 is 1.06 bits per heavy atom. The van der Waals surface area contributed by atoms with Gasteiger partial charge < -0.3 is 14.8 Å². The van der Waals surface area contributed by atoms with Gasteiger partial charge in [-0.2, -0.15) is 5.10 Å². The predicted octanol–water partition coefficient (Wildman–Crippen LogP) is 2.04. The fourth-order valence-corrected chi connectivity index (χ4v) is 3.46. The topological polar surface area (TPSA) is 100 Å². The SMILES string of the molecule is COc1ccc(CCNC(=O)Cn2c(-n3nc(C)cc3C)nc(C)c(C)c2=O)cc1OC. The standard InChI is InChI=1S/C23H29N5O4/c1-14-11-15(2)28(26-14)23-25-17(4)16(3)22(30)27(23)13-21(29)24-10-9-18-7-8-19(31-5)20(12-18)32-6/h7-8,11-12H,9-10,13H2,1-6H3,(H,24,29). The maximum atomic E-state index is 12.9. The molecule has 9 nitrogen and oxygen atoms in total. The van der Waals surface area contributed by atoms with Crippen molar-refractivity contribution in [1.29, 1.82) is 0 Å². The Kier molecular flexibility index (Phi) is 6.97. The first-order valence-electron chi connectivity index (χ1n) is 10.3. The van der Waals surface area contributed by atoms with Crippen LogP contribution in [0.1, 0.15) is 28.2 Å². The third-order valence-corrected chi connectivity index (χ3v) is 5.30. The van der Waals surface area contributed by atoms with Gasteiger partial charge in [0.2, 0.25) is 11.9 Å². The molecule has 3 rings (SSSR count). The fourth-order valence-electron chi connectivity index (χ4n) is 3.46. The van der Waals surface area contributed by atoms with E-state index in [0.717, 1.165) is 17.0 Å². The van der Waals surface area contributed by atoms with Crippen LogP contribution in [0, 0.1) is 27.7 Å². The molecule has 0 saturated carbocycles. The number of rotatable bonds is 8. The smallest absolute Gasteiger partial charge is 0.258 e. The summed E-state index contributed by atoms with van der Waals surface area (Å²) < 4.78 is 13.5. The van der Waals surface area contributed by atoms with Crippen LogP contribution >= 0.6 is 0 Å². The second kappa shape index (κ2) is 9.67. The Bertz CT molecular complexity index is 1200. The fraction of sp³-hybridized carbons (Fsp3) is 0.391. The summed E-state index contributed by atoms with van der Waals surface area (Å²) in [6.45, 7) is 7.51. The van der Waals surface area contributed by atoms with Crippen LogP contribution in [0.2, 0.25) is 0 Å².